The highest BCUT2D eigenvalue weighted by Crippen LogP contribution is 2.77. The second-order valence-electron chi connectivity index (χ2n) is 7.75. The van der Waals surface area contributed by atoms with Gasteiger partial charge in [-0.3, -0.25) is 4.79 Å². The first-order valence-electron chi connectivity index (χ1n) is 7.43. The van der Waals surface area contributed by atoms with Gasteiger partial charge >= 0.3 is 5.97 Å². The lowest BCUT2D eigenvalue weighted by molar-refractivity contribution is -0.206. The molecule has 4 unspecified atom stereocenters. The summed E-state index contributed by atoms with van der Waals surface area (Å²) in [4.78, 5) is 11.4. The summed E-state index contributed by atoms with van der Waals surface area (Å²) in [6, 6.07) is 0. The van der Waals surface area contributed by atoms with Crippen molar-refractivity contribution in [1.82, 2.24) is 0 Å². The average Bonchev–Trinajstić information content (AvgIpc) is 2.67. The molecule has 0 spiro atoms. The van der Waals surface area contributed by atoms with E-state index in [-0.39, 0.29) is 17.2 Å². The van der Waals surface area contributed by atoms with Gasteiger partial charge in [0, 0.05) is 6.92 Å². The van der Waals surface area contributed by atoms with Crippen LogP contribution in [0.15, 0.2) is 0 Å². The van der Waals surface area contributed by atoms with Gasteiger partial charge in [0.25, 0.3) is 0 Å². The van der Waals surface area contributed by atoms with E-state index in [1.54, 1.807) is 6.92 Å². The van der Waals surface area contributed by atoms with Crippen LogP contribution in [0.1, 0.15) is 39.0 Å². The van der Waals surface area contributed by atoms with Crippen molar-refractivity contribution in [1.29, 1.82) is 0 Å². The van der Waals surface area contributed by atoms with E-state index in [2.05, 4.69) is 0 Å². The number of ether oxygens (including phenoxy) is 1. The highest BCUT2D eigenvalue weighted by Gasteiger charge is 2.76. The first kappa shape index (κ1) is 10.2. The number of carbonyl (C=O) groups is 1. The Morgan fingerprint density at radius 1 is 1.00 bits per heavy atom. The molecule has 6 aliphatic rings. The third-order valence-electron chi connectivity index (χ3n) is 7.10. The summed E-state index contributed by atoms with van der Waals surface area (Å²) in [6.45, 7) is 1.54. The lowest BCUT2D eigenvalue weighted by atomic mass is 9.47. The molecule has 4 atom stereocenters. The zero-order valence-electron chi connectivity index (χ0n) is 10.8. The molecule has 98 valence electrons. The molecule has 3 nitrogen and oxygen atoms in total. The smallest absolute Gasteiger partial charge is 0.303 e. The van der Waals surface area contributed by atoms with Gasteiger partial charge in [-0.1, -0.05) is 0 Å². The Morgan fingerprint density at radius 2 is 1.50 bits per heavy atom. The molecule has 0 aliphatic heterocycles. The monoisotopic (exact) mass is 248 g/mol. The molecule has 6 saturated carbocycles. The molecule has 6 aliphatic carbocycles. The number of rotatable bonds is 1. The van der Waals surface area contributed by atoms with Crippen LogP contribution in [-0.2, 0) is 9.53 Å². The van der Waals surface area contributed by atoms with Crippen molar-refractivity contribution < 1.29 is 14.6 Å². The van der Waals surface area contributed by atoms with Crippen molar-refractivity contribution in [3.63, 3.8) is 0 Å². The predicted molar refractivity (Wildman–Crippen MR) is 63.5 cm³/mol. The molecule has 0 aromatic heterocycles. The first-order chi connectivity index (χ1) is 8.51. The lowest BCUT2D eigenvalue weighted by Crippen LogP contribution is -2.59. The van der Waals surface area contributed by atoms with E-state index >= 15 is 0 Å². The molecule has 0 heterocycles. The summed E-state index contributed by atoms with van der Waals surface area (Å²) in [5.41, 5.74) is -0.487. The second-order valence-corrected chi connectivity index (χ2v) is 7.75. The normalized spacial score (nSPS) is 65.9. The maximum absolute atomic E-state index is 11.4. The maximum Gasteiger partial charge on any atom is 0.303 e. The predicted octanol–water partition coefficient (Wildman–Crippen LogP) is 1.74. The molecule has 0 radical (unpaired) electrons. The van der Waals surface area contributed by atoms with E-state index < -0.39 is 0 Å². The number of carbonyl (C=O) groups excluding carboxylic acids is 1. The summed E-state index contributed by atoms with van der Waals surface area (Å²) < 4.78 is 5.75. The number of hydrogen-bond acceptors (Lipinski definition) is 3. The molecule has 6 rings (SSSR count). The highest BCUT2D eigenvalue weighted by molar-refractivity contribution is 5.66. The fourth-order valence-electron chi connectivity index (χ4n) is 7.20. The molecule has 6 fully saturated rings. The largest absolute Gasteiger partial charge is 0.459 e. The van der Waals surface area contributed by atoms with Gasteiger partial charge in [-0.15, -0.1) is 0 Å². The molecule has 0 aromatic rings. The molecular formula is C15H20O3. The molecule has 7 bridgehead atoms. The Labute approximate surface area is 107 Å². The van der Waals surface area contributed by atoms with Crippen LogP contribution in [0.2, 0.25) is 0 Å². The molecular weight excluding hydrogens is 228 g/mol. The van der Waals surface area contributed by atoms with Crippen molar-refractivity contribution in [2.24, 2.45) is 35.5 Å². The minimum atomic E-state index is -0.339. The molecule has 0 amide bonds. The minimum absolute atomic E-state index is 0.115. The van der Waals surface area contributed by atoms with Crippen LogP contribution in [0.4, 0.5) is 0 Å². The Hall–Kier alpha value is -0.570. The topological polar surface area (TPSA) is 46.5 Å². The lowest BCUT2D eigenvalue weighted by Gasteiger charge is -2.60. The van der Waals surface area contributed by atoms with Crippen molar-refractivity contribution in [3.8, 4) is 0 Å². The summed E-state index contributed by atoms with van der Waals surface area (Å²) in [6.07, 6.45) is 5.22. The van der Waals surface area contributed by atoms with Crippen LogP contribution in [0.5, 0.6) is 0 Å². The third-order valence-corrected chi connectivity index (χ3v) is 7.10. The molecule has 1 N–H and O–H groups in total. The van der Waals surface area contributed by atoms with Crippen LogP contribution in [-0.4, -0.2) is 22.3 Å². The molecule has 18 heavy (non-hydrogen) atoms. The van der Waals surface area contributed by atoms with Crippen LogP contribution in [0.25, 0.3) is 0 Å². The minimum Gasteiger partial charge on any atom is -0.459 e. The fourth-order valence-corrected chi connectivity index (χ4v) is 7.20. The van der Waals surface area contributed by atoms with Gasteiger partial charge in [0.2, 0.25) is 0 Å². The Balaban J connectivity index is 1.60. The van der Waals surface area contributed by atoms with E-state index in [1.165, 1.54) is 0 Å². The van der Waals surface area contributed by atoms with Crippen molar-refractivity contribution in [3.05, 3.63) is 0 Å². The van der Waals surface area contributed by atoms with E-state index in [4.69, 9.17) is 4.74 Å². The Morgan fingerprint density at radius 3 is 2.06 bits per heavy atom. The standard InChI is InChI=1S/C15H20O3/c1-7(16)18-14-2-8-9-5-15(17)6-10(8)12(4-14)13(15)11(9)3-14/h8-13,17H,2-6H2,1H3. The van der Waals surface area contributed by atoms with Gasteiger partial charge in [-0.05, 0) is 67.6 Å². The summed E-state index contributed by atoms with van der Waals surface area (Å²) in [5.74, 6) is 3.91. The second kappa shape index (κ2) is 2.65. The number of hydrogen-bond donors (Lipinski definition) is 1. The van der Waals surface area contributed by atoms with E-state index in [1.807, 2.05) is 0 Å². The molecule has 0 aromatic carbocycles. The zero-order chi connectivity index (χ0) is 12.3. The van der Waals surface area contributed by atoms with Gasteiger partial charge < -0.3 is 9.84 Å². The van der Waals surface area contributed by atoms with Crippen molar-refractivity contribution in [2.45, 2.75) is 50.2 Å². The van der Waals surface area contributed by atoms with Gasteiger partial charge in [0.1, 0.15) is 5.60 Å². The fraction of sp³-hybridized carbons (Fsp3) is 0.933. The van der Waals surface area contributed by atoms with Gasteiger partial charge in [-0.2, -0.15) is 0 Å². The van der Waals surface area contributed by atoms with Crippen LogP contribution >= 0.6 is 0 Å². The van der Waals surface area contributed by atoms with Crippen molar-refractivity contribution >= 4 is 5.97 Å². The van der Waals surface area contributed by atoms with Crippen LogP contribution in [0.3, 0.4) is 0 Å². The Bertz CT molecular complexity index is 433. The average molecular weight is 248 g/mol. The van der Waals surface area contributed by atoms with Crippen LogP contribution in [0, 0.1) is 35.5 Å². The maximum atomic E-state index is 11.4. The van der Waals surface area contributed by atoms with Gasteiger partial charge in [0.15, 0.2) is 0 Å². The highest BCUT2D eigenvalue weighted by atomic mass is 16.6. The summed E-state index contributed by atoms with van der Waals surface area (Å²) in [5, 5.41) is 10.8. The van der Waals surface area contributed by atoms with E-state index in [0.717, 1.165) is 49.9 Å². The van der Waals surface area contributed by atoms with E-state index in [9.17, 15) is 9.90 Å². The number of aliphatic hydroxyl groups is 1. The van der Waals surface area contributed by atoms with Gasteiger partial charge in [-0.25, -0.2) is 0 Å². The van der Waals surface area contributed by atoms with Crippen LogP contribution < -0.4 is 0 Å². The quantitative estimate of drug-likeness (QED) is 0.719. The molecule has 0 saturated heterocycles. The van der Waals surface area contributed by atoms with Crippen molar-refractivity contribution in [2.75, 3.05) is 0 Å². The van der Waals surface area contributed by atoms with Gasteiger partial charge in [0.05, 0.1) is 5.60 Å². The summed E-state index contributed by atoms with van der Waals surface area (Å²) >= 11 is 0. The zero-order valence-corrected chi connectivity index (χ0v) is 10.8. The number of esters is 1. The van der Waals surface area contributed by atoms with E-state index in [0.29, 0.717) is 17.8 Å². The first-order valence-corrected chi connectivity index (χ1v) is 7.43. The molecule has 3 heteroatoms. The Kier molecular flexibility index (Phi) is 1.51. The summed E-state index contributed by atoms with van der Waals surface area (Å²) in [7, 11) is 0. The SMILES string of the molecule is CC(=O)OC12CC3C4CC5(O)CC3C(C1)C5C4C2. The third kappa shape index (κ3) is 0.910.